The third kappa shape index (κ3) is 3.04. The van der Waals surface area contributed by atoms with E-state index in [1.807, 2.05) is 0 Å². The molecule has 0 radical (unpaired) electrons. The van der Waals surface area contributed by atoms with Crippen LogP contribution < -0.4 is 5.32 Å². The number of nitrogens with zero attached hydrogens (tertiary/aromatic N) is 1. The molecule has 2 rings (SSSR count). The molecule has 1 aliphatic carbocycles. The predicted octanol–water partition coefficient (Wildman–Crippen LogP) is 1.36. The van der Waals surface area contributed by atoms with Crippen LogP contribution in [0.15, 0.2) is 18.3 Å². The van der Waals surface area contributed by atoms with Crippen LogP contribution in [-0.4, -0.2) is 29.1 Å². The number of amides is 1. The van der Waals surface area contributed by atoms with E-state index in [2.05, 4.69) is 10.3 Å². The van der Waals surface area contributed by atoms with Crippen LogP contribution in [0.25, 0.3) is 0 Å². The van der Waals surface area contributed by atoms with Crippen LogP contribution in [-0.2, 0) is 0 Å². The highest BCUT2D eigenvalue weighted by molar-refractivity contribution is 5.93. The Hall–Kier alpha value is -1.49. The van der Waals surface area contributed by atoms with Gasteiger partial charge in [-0.15, -0.1) is 0 Å². The highest BCUT2D eigenvalue weighted by Gasteiger charge is 2.26. The molecule has 18 heavy (non-hydrogen) atoms. The minimum absolute atomic E-state index is 0.179. The Morgan fingerprint density at radius 2 is 2.22 bits per heavy atom. The van der Waals surface area contributed by atoms with Gasteiger partial charge in [-0.3, -0.25) is 4.79 Å². The van der Waals surface area contributed by atoms with Gasteiger partial charge in [0.15, 0.2) is 0 Å². The SMILES string of the molecule is O=C(NCC1CCCC1CO)c1ccc(F)nc1. The fourth-order valence-electron chi connectivity index (χ4n) is 2.46. The molecule has 1 amide bonds. The molecule has 1 heterocycles. The van der Waals surface area contributed by atoms with Gasteiger partial charge in [0.25, 0.3) is 5.91 Å². The van der Waals surface area contributed by atoms with Gasteiger partial charge in [0.1, 0.15) is 0 Å². The topological polar surface area (TPSA) is 62.2 Å². The minimum Gasteiger partial charge on any atom is -0.396 e. The summed E-state index contributed by atoms with van der Waals surface area (Å²) in [4.78, 5) is 15.2. The molecule has 0 saturated heterocycles. The zero-order valence-electron chi connectivity index (χ0n) is 10.1. The van der Waals surface area contributed by atoms with Gasteiger partial charge >= 0.3 is 0 Å². The molecule has 98 valence electrons. The van der Waals surface area contributed by atoms with E-state index in [9.17, 15) is 14.3 Å². The van der Waals surface area contributed by atoms with Crippen LogP contribution in [0.5, 0.6) is 0 Å². The van der Waals surface area contributed by atoms with E-state index in [1.54, 1.807) is 0 Å². The lowest BCUT2D eigenvalue weighted by Crippen LogP contribution is -2.31. The Labute approximate surface area is 105 Å². The number of halogens is 1. The van der Waals surface area contributed by atoms with Gasteiger partial charge in [-0.2, -0.15) is 4.39 Å². The first-order valence-electron chi connectivity index (χ1n) is 6.21. The Balaban J connectivity index is 1.86. The molecule has 1 aromatic heterocycles. The van der Waals surface area contributed by atoms with Gasteiger partial charge in [-0.05, 0) is 36.8 Å². The highest BCUT2D eigenvalue weighted by Crippen LogP contribution is 2.30. The molecule has 1 fully saturated rings. The Kier molecular flexibility index (Phi) is 4.25. The van der Waals surface area contributed by atoms with Gasteiger partial charge < -0.3 is 10.4 Å². The molecule has 1 saturated carbocycles. The van der Waals surface area contributed by atoms with Crippen molar-refractivity contribution in [2.45, 2.75) is 19.3 Å². The molecule has 5 heteroatoms. The summed E-state index contributed by atoms with van der Waals surface area (Å²) in [6, 6.07) is 2.58. The maximum atomic E-state index is 12.6. The van der Waals surface area contributed by atoms with Crippen molar-refractivity contribution in [1.82, 2.24) is 10.3 Å². The van der Waals surface area contributed by atoms with E-state index < -0.39 is 5.95 Å². The van der Waals surface area contributed by atoms with E-state index in [1.165, 1.54) is 18.3 Å². The van der Waals surface area contributed by atoms with Gasteiger partial charge in [0, 0.05) is 19.3 Å². The Morgan fingerprint density at radius 3 is 2.89 bits per heavy atom. The summed E-state index contributed by atoms with van der Waals surface area (Å²) < 4.78 is 12.6. The van der Waals surface area contributed by atoms with Gasteiger partial charge in [0.2, 0.25) is 5.95 Å². The zero-order valence-corrected chi connectivity index (χ0v) is 10.1. The van der Waals surface area contributed by atoms with Crippen LogP contribution in [0.4, 0.5) is 4.39 Å². The molecule has 1 aromatic rings. The van der Waals surface area contributed by atoms with E-state index in [0.29, 0.717) is 18.0 Å². The minimum atomic E-state index is -0.595. The summed E-state index contributed by atoms with van der Waals surface area (Å²) in [7, 11) is 0. The van der Waals surface area contributed by atoms with Crippen molar-refractivity contribution < 1.29 is 14.3 Å². The van der Waals surface area contributed by atoms with E-state index >= 15 is 0 Å². The summed E-state index contributed by atoms with van der Waals surface area (Å²) >= 11 is 0. The van der Waals surface area contributed by atoms with Gasteiger partial charge in [-0.25, -0.2) is 4.98 Å². The third-order valence-electron chi connectivity index (χ3n) is 3.57. The molecule has 1 aliphatic rings. The van der Waals surface area contributed by atoms with Crippen molar-refractivity contribution >= 4 is 5.91 Å². The standard InChI is InChI=1S/C13H17FN2O2/c14-12-5-4-10(7-15-12)13(18)16-6-9-2-1-3-11(9)8-17/h4-5,7,9,11,17H,1-3,6,8H2,(H,16,18). The quantitative estimate of drug-likeness (QED) is 0.795. The molecule has 2 N–H and O–H groups in total. The number of carbonyl (C=O) groups is 1. The number of carbonyl (C=O) groups excluding carboxylic acids is 1. The average Bonchev–Trinajstić information content (AvgIpc) is 2.84. The van der Waals surface area contributed by atoms with E-state index in [4.69, 9.17) is 0 Å². The summed E-state index contributed by atoms with van der Waals surface area (Å²) in [5.41, 5.74) is 0.356. The van der Waals surface area contributed by atoms with Gasteiger partial charge in [0.05, 0.1) is 5.56 Å². The van der Waals surface area contributed by atoms with Crippen LogP contribution in [0.3, 0.4) is 0 Å². The molecule has 4 nitrogen and oxygen atoms in total. The molecule has 2 unspecified atom stereocenters. The second-order valence-electron chi connectivity index (χ2n) is 4.71. The van der Waals surface area contributed by atoms with Crippen molar-refractivity contribution in [3.8, 4) is 0 Å². The normalized spacial score (nSPS) is 23.0. The predicted molar refractivity (Wildman–Crippen MR) is 64.4 cm³/mol. The van der Waals surface area contributed by atoms with Crippen LogP contribution in [0.1, 0.15) is 29.6 Å². The summed E-state index contributed by atoms with van der Waals surface area (Å²) in [6.45, 7) is 0.736. The number of aliphatic hydroxyl groups excluding tert-OH is 1. The molecule has 0 aliphatic heterocycles. The van der Waals surface area contributed by atoms with Crippen molar-refractivity contribution in [2.75, 3.05) is 13.2 Å². The lowest BCUT2D eigenvalue weighted by Gasteiger charge is -2.17. The maximum absolute atomic E-state index is 12.6. The summed E-state index contributed by atoms with van der Waals surface area (Å²) in [6.07, 6.45) is 4.38. The van der Waals surface area contributed by atoms with Crippen LogP contribution in [0, 0.1) is 17.8 Å². The molecule has 0 aromatic carbocycles. The van der Waals surface area contributed by atoms with Crippen molar-refractivity contribution in [3.63, 3.8) is 0 Å². The lowest BCUT2D eigenvalue weighted by atomic mass is 9.97. The zero-order chi connectivity index (χ0) is 13.0. The third-order valence-corrected chi connectivity index (χ3v) is 3.57. The number of aliphatic hydroxyl groups is 1. The number of hydrogen-bond donors (Lipinski definition) is 2. The number of aromatic nitrogens is 1. The Morgan fingerprint density at radius 1 is 1.44 bits per heavy atom. The van der Waals surface area contributed by atoms with Crippen molar-refractivity contribution in [3.05, 3.63) is 29.8 Å². The average molecular weight is 252 g/mol. The van der Waals surface area contributed by atoms with Crippen LogP contribution in [0.2, 0.25) is 0 Å². The summed E-state index contributed by atoms with van der Waals surface area (Å²) in [5.74, 6) is -0.210. The second kappa shape index (κ2) is 5.91. The number of nitrogens with one attached hydrogen (secondary N) is 1. The van der Waals surface area contributed by atoms with E-state index in [-0.39, 0.29) is 18.4 Å². The monoisotopic (exact) mass is 252 g/mol. The van der Waals surface area contributed by atoms with Crippen molar-refractivity contribution in [2.24, 2.45) is 11.8 Å². The number of pyridine rings is 1. The number of hydrogen-bond acceptors (Lipinski definition) is 3. The Bertz CT molecular complexity index is 408. The first kappa shape index (κ1) is 13.0. The first-order valence-corrected chi connectivity index (χ1v) is 6.21. The fraction of sp³-hybridized carbons (Fsp3) is 0.538. The smallest absolute Gasteiger partial charge is 0.252 e. The molecular weight excluding hydrogens is 235 g/mol. The lowest BCUT2D eigenvalue weighted by molar-refractivity contribution is 0.0937. The molecular formula is C13H17FN2O2. The van der Waals surface area contributed by atoms with Crippen LogP contribution >= 0.6 is 0 Å². The summed E-state index contributed by atoms with van der Waals surface area (Å²) in [5, 5.41) is 12.0. The second-order valence-corrected chi connectivity index (χ2v) is 4.71. The highest BCUT2D eigenvalue weighted by atomic mass is 19.1. The molecule has 0 spiro atoms. The van der Waals surface area contributed by atoms with E-state index in [0.717, 1.165) is 19.3 Å². The molecule has 0 bridgehead atoms. The van der Waals surface area contributed by atoms with Gasteiger partial charge in [-0.1, -0.05) is 6.42 Å². The largest absolute Gasteiger partial charge is 0.396 e. The van der Waals surface area contributed by atoms with Crippen molar-refractivity contribution in [1.29, 1.82) is 0 Å². The first-order chi connectivity index (χ1) is 8.70. The maximum Gasteiger partial charge on any atom is 0.252 e. The number of rotatable bonds is 4. The fourth-order valence-corrected chi connectivity index (χ4v) is 2.46. The molecule has 2 atom stereocenters.